The van der Waals surface area contributed by atoms with Gasteiger partial charge in [-0.1, -0.05) is 11.6 Å². The second-order valence-corrected chi connectivity index (χ2v) is 8.51. The third-order valence-electron chi connectivity index (χ3n) is 5.51. The maximum atomic E-state index is 14.6. The third-order valence-corrected chi connectivity index (χ3v) is 5.82. The fourth-order valence-electron chi connectivity index (χ4n) is 3.79. The highest BCUT2D eigenvalue weighted by Crippen LogP contribution is 2.30. The summed E-state index contributed by atoms with van der Waals surface area (Å²) in [5.74, 6) is -4.17. The van der Waals surface area contributed by atoms with Crippen molar-refractivity contribution in [2.45, 2.75) is 13.1 Å². The molecule has 0 saturated carbocycles. The maximum Gasteiger partial charge on any atom is 0.333 e. The average Bonchev–Trinajstić information content (AvgIpc) is 3.48. The first-order chi connectivity index (χ1) is 18.8. The van der Waals surface area contributed by atoms with Crippen molar-refractivity contribution in [3.8, 4) is 0 Å². The van der Waals surface area contributed by atoms with Gasteiger partial charge in [0, 0.05) is 47.4 Å². The van der Waals surface area contributed by atoms with E-state index in [0.717, 1.165) is 17.0 Å². The molecule has 0 bridgehead atoms. The monoisotopic (exact) mass is 533 g/mol. The number of aryl methyl sites for hydroxylation is 2. The minimum absolute atomic E-state index is 0.137. The van der Waals surface area contributed by atoms with Crippen molar-refractivity contribution >= 4 is 34.0 Å². The molecule has 0 radical (unpaired) electrons. The van der Waals surface area contributed by atoms with E-state index in [1.807, 2.05) is 0 Å². The summed E-state index contributed by atoms with van der Waals surface area (Å²) in [4.78, 5) is 30.4. The lowest BCUT2D eigenvalue weighted by atomic mass is 10.2. The van der Waals surface area contributed by atoms with Crippen LogP contribution in [0.5, 0.6) is 0 Å². The van der Waals surface area contributed by atoms with Gasteiger partial charge in [0.05, 0.1) is 29.3 Å². The van der Waals surface area contributed by atoms with E-state index >= 15 is 0 Å². The van der Waals surface area contributed by atoms with Crippen LogP contribution < -0.4 is 16.6 Å². The van der Waals surface area contributed by atoms with Gasteiger partial charge in [-0.05, 0) is 18.2 Å². The molecular weight excluding hydrogens is 513 g/mol. The van der Waals surface area contributed by atoms with Crippen molar-refractivity contribution in [3.63, 3.8) is 0 Å². The molecule has 0 amide bonds. The molecule has 0 unspecified atom stereocenters. The van der Waals surface area contributed by atoms with Gasteiger partial charge in [-0.3, -0.25) is 23.3 Å². The van der Waals surface area contributed by atoms with Gasteiger partial charge in [0.2, 0.25) is 0 Å². The molecule has 3 aromatic heterocycles. The summed E-state index contributed by atoms with van der Waals surface area (Å²) in [7, 11) is 1.71. The molecule has 0 fully saturated rings. The maximum absolute atomic E-state index is 14.6. The van der Waals surface area contributed by atoms with Gasteiger partial charge in [0.25, 0.3) is 5.56 Å². The van der Waals surface area contributed by atoms with Gasteiger partial charge in [0.1, 0.15) is 18.0 Å². The van der Waals surface area contributed by atoms with Crippen LogP contribution in [-0.4, -0.2) is 33.7 Å². The van der Waals surface area contributed by atoms with E-state index in [2.05, 4.69) is 20.5 Å². The highest BCUT2D eigenvalue weighted by Gasteiger charge is 2.18. The zero-order chi connectivity index (χ0) is 28.9. The fraction of sp³-hybridized carbons (Fsp3) is 0.174. The SMILES string of the molecule is [2H]C([2H])([2H])n1cnc(Cn2c(=O)cc(Nc3cc4cn(C)nc4cc3Cl)n(Cc3cc(F)c(F)cc3F)c2=O)n1. The Balaban J connectivity index is 1.62. The number of benzene rings is 2. The Hall–Kier alpha value is -4.39. The number of rotatable bonds is 6. The van der Waals surface area contributed by atoms with E-state index in [1.165, 1.54) is 0 Å². The van der Waals surface area contributed by atoms with Gasteiger partial charge < -0.3 is 5.32 Å². The minimum atomic E-state index is -2.64. The molecule has 190 valence electrons. The molecule has 0 aliphatic heterocycles. The predicted molar refractivity (Wildman–Crippen MR) is 129 cm³/mol. The van der Waals surface area contributed by atoms with Crippen LogP contribution in [0, 0.1) is 17.5 Å². The van der Waals surface area contributed by atoms with Gasteiger partial charge in [-0.25, -0.2) is 22.9 Å². The average molecular weight is 534 g/mol. The summed E-state index contributed by atoms with van der Waals surface area (Å²) in [6.07, 6.45) is 2.64. The Bertz CT molecular complexity index is 1900. The van der Waals surface area contributed by atoms with Gasteiger partial charge in [-0.15, -0.1) is 0 Å². The van der Waals surface area contributed by atoms with Crippen molar-refractivity contribution in [1.29, 1.82) is 0 Å². The Morgan fingerprint density at radius 1 is 0.973 bits per heavy atom. The molecule has 0 aliphatic carbocycles. The van der Waals surface area contributed by atoms with E-state index in [1.54, 1.807) is 30.1 Å². The molecule has 0 saturated heterocycles. The molecular formula is C23H18ClF3N8O2. The first-order valence-corrected chi connectivity index (χ1v) is 11.0. The number of hydrogen-bond donors (Lipinski definition) is 1. The molecule has 0 atom stereocenters. The summed E-state index contributed by atoms with van der Waals surface area (Å²) < 4.78 is 68.1. The summed E-state index contributed by atoms with van der Waals surface area (Å²) in [6.45, 7) is -3.78. The van der Waals surface area contributed by atoms with Crippen LogP contribution in [0.2, 0.25) is 5.02 Å². The number of hydrogen-bond acceptors (Lipinski definition) is 6. The number of anilines is 2. The van der Waals surface area contributed by atoms with Crippen LogP contribution in [-0.2, 0) is 27.1 Å². The quantitative estimate of drug-likeness (QED) is 0.337. The molecule has 5 aromatic rings. The fourth-order valence-corrected chi connectivity index (χ4v) is 3.99. The number of nitrogens with one attached hydrogen (secondary N) is 1. The number of fused-ring (bicyclic) bond motifs is 1. The number of halogens is 4. The lowest BCUT2D eigenvalue weighted by molar-refractivity contribution is 0.486. The Kier molecular flexibility index (Phi) is 5.19. The topological polar surface area (TPSA) is 105 Å². The van der Waals surface area contributed by atoms with Crippen molar-refractivity contribution in [2.24, 2.45) is 14.0 Å². The third kappa shape index (κ3) is 4.72. The van der Waals surface area contributed by atoms with E-state index < -0.39 is 48.8 Å². The second kappa shape index (κ2) is 9.24. The Morgan fingerprint density at radius 2 is 1.76 bits per heavy atom. The first-order valence-electron chi connectivity index (χ1n) is 12.1. The first kappa shape index (κ1) is 20.8. The zero-order valence-electron chi connectivity index (χ0n) is 21.9. The van der Waals surface area contributed by atoms with Crippen molar-refractivity contribution < 1.29 is 17.3 Å². The van der Waals surface area contributed by atoms with Crippen LogP contribution in [0.1, 0.15) is 15.5 Å². The van der Waals surface area contributed by atoms with E-state index in [0.29, 0.717) is 32.3 Å². The van der Waals surface area contributed by atoms with Crippen molar-refractivity contribution in [1.82, 2.24) is 33.7 Å². The van der Waals surface area contributed by atoms with E-state index in [-0.39, 0.29) is 27.9 Å². The van der Waals surface area contributed by atoms with Gasteiger partial charge in [0.15, 0.2) is 17.5 Å². The summed E-state index contributed by atoms with van der Waals surface area (Å²) in [6, 6.07) is 5.14. The molecule has 0 spiro atoms. The number of aromatic nitrogens is 7. The molecule has 3 heterocycles. The van der Waals surface area contributed by atoms with E-state index in [4.69, 9.17) is 15.7 Å². The largest absolute Gasteiger partial charge is 0.340 e. The molecule has 0 aliphatic rings. The summed E-state index contributed by atoms with van der Waals surface area (Å²) in [5, 5.41) is 11.8. The summed E-state index contributed by atoms with van der Waals surface area (Å²) >= 11 is 6.40. The zero-order valence-corrected chi connectivity index (χ0v) is 19.7. The van der Waals surface area contributed by atoms with Crippen LogP contribution >= 0.6 is 11.6 Å². The number of nitrogens with zero attached hydrogens (tertiary/aromatic N) is 7. The van der Waals surface area contributed by atoms with Gasteiger partial charge >= 0.3 is 5.69 Å². The van der Waals surface area contributed by atoms with Crippen LogP contribution in [0.4, 0.5) is 24.7 Å². The predicted octanol–water partition coefficient (Wildman–Crippen LogP) is 2.94. The Labute approximate surface area is 215 Å². The smallest absolute Gasteiger partial charge is 0.333 e. The van der Waals surface area contributed by atoms with Crippen molar-refractivity contribution in [2.75, 3.05) is 5.32 Å². The molecule has 5 rings (SSSR count). The lowest BCUT2D eigenvalue weighted by Crippen LogP contribution is -2.41. The molecule has 1 N–H and O–H groups in total. The minimum Gasteiger partial charge on any atom is -0.340 e. The van der Waals surface area contributed by atoms with Crippen LogP contribution in [0.15, 0.2) is 52.4 Å². The molecule has 10 nitrogen and oxygen atoms in total. The standard InChI is InChI=1S/C23H18ClF3N8O2/c1-32-8-13-4-19(14(24)5-18(13)30-32)29-21-7-22(36)35(10-20-28-11-33(2)31-20)23(37)34(21)9-12-3-16(26)17(27)6-15(12)25/h3-8,11,29H,9-10H2,1-2H3/i2D3. The normalized spacial score (nSPS) is 12.9. The van der Waals surface area contributed by atoms with E-state index in [9.17, 15) is 22.8 Å². The van der Waals surface area contributed by atoms with Crippen LogP contribution in [0.25, 0.3) is 10.9 Å². The lowest BCUT2D eigenvalue weighted by Gasteiger charge is -2.17. The molecule has 37 heavy (non-hydrogen) atoms. The summed E-state index contributed by atoms with van der Waals surface area (Å²) in [5.41, 5.74) is -1.36. The van der Waals surface area contributed by atoms with Crippen molar-refractivity contribution in [3.05, 3.63) is 97.6 Å². The second-order valence-electron chi connectivity index (χ2n) is 8.10. The Morgan fingerprint density at radius 3 is 2.51 bits per heavy atom. The highest BCUT2D eigenvalue weighted by atomic mass is 35.5. The van der Waals surface area contributed by atoms with Crippen LogP contribution in [0.3, 0.4) is 0 Å². The molecule has 14 heteroatoms. The highest BCUT2D eigenvalue weighted by molar-refractivity contribution is 6.34. The van der Waals surface area contributed by atoms with Gasteiger partial charge in [-0.2, -0.15) is 10.2 Å². The molecule has 2 aromatic carbocycles.